The van der Waals surface area contributed by atoms with Gasteiger partial charge in [-0.15, -0.1) is 0 Å². The Morgan fingerprint density at radius 1 is 1.33 bits per heavy atom. The summed E-state index contributed by atoms with van der Waals surface area (Å²) >= 11 is 0. The number of aromatic carboxylic acids is 1. The largest absolute Gasteiger partial charge is 0.477 e. The number of rotatable bonds is 4. The van der Waals surface area contributed by atoms with Crippen molar-refractivity contribution >= 4 is 22.6 Å². The molecule has 11 heteroatoms. The summed E-state index contributed by atoms with van der Waals surface area (Å²) in [6.45, 7) is -1.09. The van der Waals surface area contributed by atoms with Gasteiger partial charge in [-0.3, -0.25) is 20.2 Å². The van der Waals surface area contributed by atoms with Crippen LogP contribution in [-0.4, -0.2) is 25.9 Å². The van der Waals surface area contributed by atoms with Gasteiger partial charge in [-0.25, -0.2) is 9.18 Å². The van der Waals surface area contributed by atoms with Crippen LogP contribution in [0.2, 0.25) is 0 Å². The number of carbonyl (C=O) groups is 1. The van der Waals surface area contributed by atoms with Crippen LogP contribution in [0.4, 0.5) is 14.5 Å². The Bertz CT molecular complexity index is 800. The van der Waals surface area contributed by atoms with Gasteiger partial charge in [-0.05, 0) is 0 Å². The van der Waals surface area contributed by atoms with E-state index in [1.165, 1.54) is 0 Å². The molecule has 0 spiro atoms. The van der Waals surface area contributed by atoms with Crippen molar-refractivity contribution in [3.8, 4) is 0 Å². The van der Waals surface area contributed by atoms with E-state index in [9.17, 15) is 33.8 Å². The summed E-state index contributed by atoms with van der Waals surface area (Å²) < 4.78 is 26.9. The maximum atomic E-state index is 13.6. The number of hydrogen-bond acceptors (Lipinski definition) is 5. The van der Waals surface area contributed by atoms with E-state index < -0.39 is 61.8 Å². The van der Waals surface area contributed by atoms with E-state index in [0.717, 1.165) is 0 Å². The Hall–Kier alpha value is -3.11. The summed E-state index contributed by atoms with van der Waals surface area (Å²) in [4.78, 5) is 32.4. The van der Waals surface area contributed by atoms with Gasteiger partial charge >= 0.3 is 11.7 Å². The number of aromatic amines is 1. The first-order valence-electron chi connectivity index (χ1n) is 5.26. The third kappa shape index (κ3) is 2.24. The maximum Gasteiger partial charge on any atom is 0.352 e. The number of nitrogens with one attached hydrogen (secondary N) is 1. The molecule has 0 bridgehead atoms. The third-order valence-electron chi connectivity index (χ3n) is 2.74. The highest BCUT2D eigenvalue weighted by Crippen LogP contribution is 2.35. The van der Waals surface area contributed by atoms with Gasteiger partial charge in [0.2, 0.25) is 12.4 Å². The molecule has 1 heterocycles. The van der Waals surface area contributed by atoms with E-state index in [4.69, 9.17) is 5.11 Å². The number of carboxylic acid groups (broad SMARTS) is 1. The number of fused-ring (bicyclic) bond motifs is 1. The number of H-pyrrole nitrogens is 1. The van der Waals surface area contributed by atoms with Crippen LogP contribution in [0.25, 0.3) is 10.9 Å². The second-order valence-electron chi connectivity index (χ2n) is 3.98. The van der Waals surface area contributed by atoms with Crippen molar-refractivity contribution in [1.29, 1.82) is 0 Å². The number of benzene rings is 1. The molecule has 0 saturated carbocycles. The lowest BCUT2D eigenvalue weighted by Crippen LogP contribution is -2.06. The Morgan fingerprint density at radius 2 is 1.95 bits per heavy atom. The molecule has 0 aliphatic heterocycles. The van der Waals surface area contributed by atoms with Crippen molar-refractivity contribution in [3.63, 3.8) is 0 Å². The highest BCUT2D eigenvalue weighted by molar-refractivity contribution is 6.01. The first kappa shape index (κ1) is 14.3. The monoisotopic (exact) mass is 301 g/mol. The Balaban J connectivity index is 2.98. The van der Waals surface area contributed by atoms with Gasteiger partial charge < -0.3 is 10.1 Å². The molecule has 0 radical (unpaired) electrons. The molecule has 0 aliphatic rings. The van der Waals surface area contributed by atoms with Gasteiger partial charge in [0.1, 0.15) is 5.69 Å². The second kappa shape index (κ2) is 4.77. The minimum Gasteiger partial charge on any atom is -0.477 e. The van der Waals surface area contributed by atoms with E-state index in [1.54, 1.807) is 0 Å². The number of nitro benzene ring substituents is 1. The molecule has 110 valence electrons. The fourth-order valence-electron chi connectivity index (χ4n) is 1.99. The maximum absolute atomic E-state index is 13.6. The summed E-state index contributed by atoms with van der Waals surface area (Å²) in [5.74, 6) is -5.02. The molecule has 0 saturated heterocycles. The van der Waals surface area contributed by atoms with Crippen LogP contribution in [0.15, 0.2) is 6.07 Å². The fourth-order valence-corrected chi connectivity index (χ4v) is 1.99. The molecule has 0 amide bonds. The van der Waals surface area contributed by atoms with Crippen molar-refractivity contribution in [2.45, 2.75) is 6.54 Å². The van der Waals surface area contributed by atoms with Crippen LogP contribution in [-0.2, 0) is 6.54 Å². The van der Waals surface area contributed by atoms with Crippen LogP contribution in [0.1, 0.15) is 16.1 Å². The van der Waals surface area contributed by atoms with Crippen LogP contribution in [0.3, 0.4) is 0 Å². The normalized spacial score (nSPS) is 10.8. The molecule has 0 fully saturated rings. The van der Waals surface area contributed by atoms with E-state index in [-0.39, 0.29) is 0 Å². The Morgan fingerprint density at radius 3 is 2.43 bits per heavy atom. The van der Waals surface area contributed by atoms with Crippen molar-refractivity contribution in [2.75, 3.05) is 0 Å². The predicted molar refractivity (Wildman–Crippen MR) is 62.5 cm³/mol. The summed E-state index contributed by atoms with van der Waals surface area (Å²) in [5.41, 5.74) is -3.07. The SMILES string of the molecule is O=C(O)c1[nH]c2cc(F)c(F)c([N+](=O)[O-])c2c1C[N+](=O)[O-]. The first-order chi connectivity index (χ1) is 9.73. The van der Waals surface area contributed by atoms with Crippen molar-refractivity contribution in [3.05, 3.63) is 49.2 Å². The quantitative estimate of drug-likeness (QED) is 0.652. The second-order valence-corrected chi connectivity index (χ2v) is 3.98. The summed E-state index contributed by atoms with van der Waals surface area (Å²) in [6.07, 6.45) is 0. The van der Waals surface area contributed by atoms with Gasteiger partial charge in [0.05, 0.1) is 21.4 Å². The number of nitrogens with zero attached hydrogens (tertiary/aromatic N) is 2. The van der Waals surface area contributed by atoms with Gasteiger partial charge in [-0.1, -0.05) is 0 Å². The average molecular weight is 301 g/mol. The minimum absolute atomic E-state index is 0.408. The summed E-state index contributed by atoms with van der Waals surface area (Å²) in [7, 11) is 0. The molecule has 2 aromatic rings. The van der Waals surface area contributed by atoms with Crippen LogP contribution in [0, 0.1) is 31.9 Å². The zero-order valence-electron chi connectivity index (χ0n) is 9.92. The molecular formula is C10H5F2N3O6. The van der Waals surface area contributed by atoms with Crippen molar-refractivity contribution < 1.29 is 28.5 Å². The zero-order valence-corrected chi connectivity index (χ0v) is 9.92. The lowest BCUT2D eigenvalue weighted by Gasteiger charge is -2.00. The number of nitro groups is 2. The summed E-state index contributed by atoms with van der Waals surface area (Å²) in [6, 6.07) is 0.507. The lowest BCUT2D eigenvalue weighted by atomic mass is 10.1. The molecule has 2 rings (SSSR count). The molecule has 0 atom stereocenters. The van der Waals surface area contributed by atoms with Crippen LogP contribution >= 0.6 is 0 Å². The first-order valence-corrected chi connectivity index (χ1v) is 5.26. The number of carboxylic acids is 1. The van der Waals surface area contributed by atoms with E-state index in [2.05, 4.69) is 4.98 Å². The molecular weight excluding hydrogens is 296 g/mol. The molecule has 0 unspecified atom stereocenters. The Kier molecular flexibility index (Phi) is 3.25. The minimum atomic E-state index is -1.81. The number of hydrogen-bond donors (Lipinski definition) is 2. The van der Waals surface area contributed by atoms with Gasteiger partial charge in [-0.2, -0.15) is 4.39 Å². The molecule has 1 aromatic heterocycles. The van der Waals surface area contributed by atoms with E-state index in [1.807, 2.05) is 0 Å². The highest BCUT2D eigenvalue weighted by Gasteiger charge is 2.32. The van der Waals surface area contributed by atoms with Gasteiger partial charge in [0.15, 0.2) is 5.82 Å². The van der Waals surface area contributed by atoms with Gasteiger partial charge in [0.25, 0.3) is 0 Å². The molecule has 0 aliphatic carbocycles. The topological polar surface area (TPSA) is 139 Å². The van der Waals surface area contributed by atoms with E-state index >= 15 is 0 Å². The van der Waals surface area contributed by atoms with Crippen LogP contribution in [0.5, 0.6) is 0 Å². The molecule has 2 N–H and O–H groups in total. The molecule has 9 nitrogen and oxygen atoms in total. The van der Waals surface area contributed by atoms with Crippen LogP contribution < -0.4 is 0 Å². The van der Waals surface area contributed by atoms with Crippen molar-refractivity contribution in [1.82, 2.24) is 4.98 Å². The fraction of sp³-hybridized carbons (Fsp3) is 0.100. The molecule has 21 heavy (non-hydrogen) atoms. The zero-order chi connectivity index (χ0) is 15.9. The lowest BCUT2D eigenvalue weighted by molar-refractivity contribution is -0.496. The molecule has 1 aromatic carbocycles. The Labute approximate surface area is 113 Å². The smallest absolute Gasteiger partial charge is 0.352 e. The number of halogens is 2. The van der Waals surface area contributed by atoms with E-state index in [0.29, 0.717) is 6.07 Å². The van der Waals surface area contributed by atoms with Gasteiger partial charge in [0, 0.05) is 11.0 Å². The highest BCUT2D eigenvalue weighted by atomic mass is 19.2. The average Bonchev–Trinajstić information content (AvgIpc) is 2.68. The standard InChI is InChI=1S/C10H5F2N3O6/c11-4-1-5-6(9(7(4)12)15(20)21)3(2-14(18)19)8(13-5)10(16)17/h1,13H,2H2,(H,16,17). The third-order valence-corrected chi connectivity index (χ3v) is 2.74. The number of aromatic nitrogens is 1. The summed E-state index contributed by atoms with van der Waals surface area (Å²) in [5, 5.41) is 29.8. The van der Waals surface area contributed by atoms with Crippen molar-refractivity contribution in [2.24, 2.45) is 0 Å². The predicted octanol–water partition coefficient (Wildman–Crippen LogP) is 1.83.